The minimum atomic E-state index is 0.714. The van der Waals surface area contributed by atoms with Crippen LogP contribution >= 0.6 is 15.9 Å². The summed E-state index contributed by atoms with van der Waals surface area (Å²) in [5, 5.41) is 0. The third kappa shape index (κ3) is 5.49. The van der Waals surface area contributed by atoms with Crippen molar-refractivity contribution in [3.63, 3.8) is 0 Å². The Morgan fingerprint density at radius 1 is 1.36 bits per heavy atom. The van der Waals surface area contributed by atoms with Crippen LogP contribution in [0.15, 0.2) is 10.6 Å². The standard InChI is InChI=1S/C10H19Br/c1-4-6-8-10(11)9(3)7-5-2/h8-9H,4-7H2,1-3H3/b10-8-. The number of allylic oxidation sites excluding steroid dienone is 2. The zero-order valence-electron chi connectivity index (χ0n) is 7.86. The van der Waals surface area contributed by atoms with Gasteiger partial charge in [0.15, 0.2) is 0 Å². The SMILES string of the molecule is CCC/C=C(\Br)C(C)CCC. The van der Waals surface area contributed by atoms with E-state index in [1.807, 2.05) is 0 Å². The van der Waals surface area contributed by atoms with Crippen molar-refractivity contribution >= 4 is 15.9 Å². The second kappa shape index (κ2) is 6.90. The van der Waals surface area contributed by atoms with Gasteiger partial charge < -0.3 is 0 Å². The van der Waals surface area contributed by atoms with Crippen LogP contribution in [0.3, 0.4) is 0 Å². The highest BCUT2D eigenvalue weighted by atomic mass is 79.9. The van der Waals surface area contributed by atoms with Gasteiger partial charge in [-0.25, -0.2) is 0 Å². The summed E-state index contributed by atoms with van der Waals surface area (Å²) >= 11 is 3.61. The fourth-order valence-corrected chi connectivity index (χ4v) is 1.51. The van der Waals surface area contributed by atoms with E-state index < -0.39 is 0 Å². The largest absolute Gasteiger partial charge is 0.0741 e. The van der Waals surface area contributed by atoms with Gasteiger partial charge in [0.1, 0.15) is 0 Å². The Labute approximate surface area is 79.2 Å². The molecule has 66 valence electrons. The summed E-state index contributed by atoms with van der Waals surface area (Å²) in [6, 6.07) is 0. The molecule has 0 aromatic heterocycles. The first-order chi connectivity index (χ1) is 5.22. The van der Waals surface area contributed by atoms with E-state index in [-0.39, 0.29) is 0 Å². The van der Waals surface area contributed by atoms with Gasteiger partial charge in [-0.15, -0.1) is 0 Å². The van der Waals surface area contributed by atoms with Crippen molar-refractivity contribution in [3.8, 4) is 0 Å². The molecule has 0 radical (unpaired) electrons. The van der Waals surface area contributed by atoms with Crippen molar-refractivity contribution in [2.75, 3.05) is 0 Å². The van der Waals surface area contributed by atoms with Gasteiger partial charge in [0.05, 0.1) is 0 Å². The molecular formula is C10H19Br. The highest BCUT2D eigenvalue weighted by Crippen LogP contribution is 2.22. The first-order valence-corrected chi connectivity index (χ1v) is 5.37. The summed E-state index contributed by atoms with van der Waals surface area (Å²) < 4.78 is 1.39. The molecule has 11 heavy (non-hydrogen) atoms. The zero-order chi connectivity index (χ0) is 8.69. The van der Waals surface area contributed by atoms with Crippen molar-refractivity contribution in [2.24, 2.45) is 5.92 Å². The van der Waals surface area contributed by atoms with Crippen LogP contribution in [0.2, 0.25) is 0 Å². The summed E-state index contributed by atoms with van der Waals surface area (Å²) in [5.41, 5.74) is 0. The molecule has 0 rings (SSSR count). The van der Waals surface area contributed by atoms with E-state index in [2.05, 4.69) is 42.8 Å². The number of unbranched alkanes of at least 4 members (excludes halogenated alkanes) is 1. The average molecular weight is 219 g/mol. The van der Waals surface area contributed by atoms with E-state index in [0.29, 0.717) is 5.92 Å². The summed E-state index contributed by atoms with van der Waals surface area (Å²) in [5.74, 6) is 0.714. The van der Waals surface area contributed by atoms with Crippen molar-refractivity contribution < 1.29 is 0 Å². The quantitative estimate of drug-likeness (QED) is 0.638. The number of halogens is 1. The molecule has 0 aromatic carbocycles. The zero-order valence-corrected chi connectivity index (χ0v) is 9.45. The van der Waals surface area contributed by atoms with Crippen LogP contribution in [0.25, 0.3) is 0 Å². The van der Waals surface area contributed by atoms with Crippen LogP contribution in [0.4, 0.5) is 0 Å². The molecule has 1 atom stereocenters. The van der Waals surface area contributed by atoms with Gasteiger partial charge in [0, 0.05) is 0 Å². The molecule has 0 aliphatic rings. The lowest BCUT2D eigenvalue weighted by atomic mass is 10.1. The Morgan fingerprint density at radius 2 is 2.00 bits per heavy atom. The molecule has 0 nitrogen and oxygen atoms in total. The maximum Gasteiger partial charge on any atom is -0.00610 e. The first-order valence-electron chi connectivity index (χ1n) is 4.57. The fourth-order valence-electron chi connectivity index (χ4n) is 1.05. The molecule has 0 N–H and O–H groups in total. The first kappa shape index (κ1) is 11.2. The predicted octanol–water partition coefficient (Wildman–Crippen LogP) is 4.50. The Bertz CT molecular complexity index is 116. The van der Waals surface area contributed by atoms with Crippen LogP contribution in [0, 0.1) is 5.92 Å². The van der Waals surface area contributed by atoms with Crippen LogP contribution in [0.5, 0.6) is 0 Å². The van der Waals surface area contributed by atoms with Gasteiger partial charge in [-0.3, -0.25) is 0 Å². The maximum atomic E-state index is 3.61. The van der Waals surface area contributed by atoms with Gasteiger partial charge in [-0.2, -0.15) is 0 Å². The normalized spacial score (nSPS) is 15.1. The van der Waals surface area contributed by atoms with Gasteiger partial charge >= 0.3 is 0 Å². The third-order valence-electron chi connectivity index (χ3n) is 1.82. The van der Waals surface area contributed by atoms with Crippen LogP contribution in [0.1, 0.15) is 46.5 Å². The lowest BCUT2D eigenvalue weighted by Crippen LogP contribution is -1.92. The molecule has 0 saturated carbocycles. The van der Waals surface area contributed by atoms with Gasteiger partial charge in [0.25, 0.3) is 0 Å². The number of hydrogen-bond acceptors (Lipinski definition) is 0. The number of rotatable bonds is 5. The topological polar surface area (TPSA) is 0 Å². The highest BCUT2D eigenvalue weighted by molar-refractivity contribution is 9.11. The lowest BCUT2D eigenvalue weighted by Gasteiger charge is -2.08. The van der Waals surface area contributed by atoms with Crippen molar-refractivity contribution in [1.82, 2.24) is 0 Å². The number of hydrogen-bond donors (Lipinski definition) is 0. The summed E-state index contributed by atoms with van der Waals surface area (Å²) in [7, 11) is 0. The molecule has 0 bridgehead atoms. The second-order valence-corrected chi connectivity index (χ2v) is 3.98. The van der Waals surface area contributed by atoms with Crippen molar-refractivity contribution in [2.45, 2.75) is 46.5 Å². The minimum Gasteiger partial charge on any atom is -0.0741 e. The Kier molecular flexibility index (Phi) is 7.04. The molecule has 0 saturated heterocycles. The van der Waals surface area contributed by atoms with Crippen molar-refractivity contribution in [1.29, 1.82) is 0 Å². The molecule has 0 aliphatic heterocycles. The molecule has 0 spiro atoms. The molecule has 0 aliphatic carbocycles. The van der Waals surface area contributed by atoms with Gasteiger partial charge in [-0.1, -0.05) is 55.6 Å². The van der Waals surface area contributed by atoms with Gasteiger partial charge in [0.2, 0.25) is 0 Å². The Balaban J connectivity index is 3.69. The summed E-state index contributed by atoms with van der Waals surface area (Å²) in [6.07, 6.45) is 7.32. The molecule has 1 heteroatoms. The smallest absolute Gasteiger partial charge is 0.00610 e. The fraction of sp³-hybridized carbons (Fsp3) is 0.800. The summed E-state index contributed by atoms with van der Waals surface area (Å²) in [4.78, 5) is 0. The molecule has 0 amide bonds. The van der Waals surface area contributed by atoms with Crippen LogP contribution < -0.4 is 0 Å². The lowest BCUT2D eigenvalue weighted by molar-refractivity contribution is 0.625. The van der Waals surface area contributed by atoms with Crippen LogP contribution in [-0.4, -0.2) is 0 Å². The van der Waals surface area contributed by atoms with E-state index in [1.165, 1.54) is 30.2 Å². The highest BCUT2D eigenvalue weighted by Gasteiger charge is 2.02. The molecule has 0 fully saturated rings. The van der Waals surface area contributed by atoms with Crippen molar-refractivity contribution in [3.05, 3.63) is 10.6 Å². The Hall–Kier alpha value is 0.220. The van der Waals surface area contributed by atoms with E-state index in [4.69, 9.17) is 0 Å². The van der Waals surface area contributed by atoms with E-state index in [0.717, 1.165) is 0 Å². The third-order valence-corrected chi connectivity index (χ3v) is 2.93. The minimum absolute atomic E-state index is 0.714. The molecule has 0 aromatic rings. The van der Waals surface area contributed by atoms with E-state index >= 15 is 0 Å². The molecular weight excluding hydrogens is 200 g/mol. The second-order valence-electron chi connectivity index (χ2n) is 3.07. The predicted molar refractivity (Wildman–Crippen MR) is 56.0 cm³/mol. The average Bonchev–Trinajstić information content (AvgIpc) is 2.00. The van der Waals surface area contributed by atoms with Gasteiger partial charge in [-0.05, 0) is 23.2 Å². The van der Waals surface area contributed by atoms with Crippen LogP contribution in [-0.2, 0) is 0 Å². The molecule has 1 unspecified atom stereocenters. The Morgan fingerprint density at radius 3 is 2.45 bits per heavy atom. The maximum absolute atomic E-state index is 3.61. The molecule has 0 heterocycles. The van der Waals surface area contributed by atoms with E-state index in [9.17, 15) is 0 Å². The van der Waals surface area contributed by atoms with E-state index in [1.54, 1.807) is 0 Å². The monoisotopic (exact) mass is 218 g/mol. The summed E-state index contributed by atoms with van der Waals surface area (Å²) in [6.45, 7) is 6.72.